The Balaban J connectivity index is 2.61. The van der Waals surface area contributed by atoms with Gasteiger partial charge in [0.25, 0.3) is 0 Å². The third-order valence-corrected chi connectivity index (χ3v) is 2.85. The number of amides is 1. The van der Waals surface area contributed by atoms with Crippen molar-refractivity contribution in [1.29, 1.82) is 0 Å². The van der Waals surface area contributed by atoms with Gasteiger partial charge in [-0.15, -0.1) is 0 Å². The van der Waals surface area contributed by atoms with Crippen molar-refractivity contribution in [1.82, 2.24) is 0 Å². The Morgan fingerprint density at radius 1 is 1.22 bits per heavy atom. The first kappa shape index (κ1) is 18.8. The molecule has 0 aromatic heterocycles. The van der Waals surface area contributed by atoms with Gasteiger partial charge in [0.2, 0.25) is 5.91 Å². The third kappa shape index (κ3) is 8.08. The number of anilines is 1. The van der Waals surface area contributed by atoms with Crippen molar-refractivity contribution in [3.05, 3.63) is 23.8 Å². The Morgan fingerprint density at radius 2 is 1.87 bits per heavy atom. The summed E-state index contributed by atoms with van der Waals surface area (Å²) in [4.78, 5) is 22.1. The summed E-state index contributed by atoms with van der Waals surface area (Å²) in [6.07, 6.45) is -3.68. The maximum atomic E-state index is 12.2. The molecule has 1 rings (SSSR count). The Hall–Kier alpha value is -2.25. The molecule has 0 atom stereocenters. The number of halogens is 3. The summed E-state index contributed by atoms with van der Waals surface area (Å²) < 4.78 is 41.5. The highest BCUT2D eigenvalue weighted by Crippen LogP contribution is 2.28. The lowest BCUT2D eigenvalue weighted by atomic mass is 10.1. The molecule has 8 heteroatoms. The third-order valence-electron chi connectivity index (χ3n) is 2.85. The van der Waals surface area contributed by atoms with Gasteiger partial charge in [-0.25, -0.2) is 0 Å². The van der Waals surface area contributed by atoms with E-state index in [4.69, 9.17) is 9.84 Å². The van der Waals surface area contributed by atoms with E-state index < -0.39 is 24.7 Å². The molecule has 5 nitrogen and oxygen atoms in total. The number of carbonyl (C=O) groups excluding carboxylic acids is 1. The van der Waals surface area contributed by atoms with E-state index >= 15 is 0 Å². The lowest BCUT2D eigenvalue weighted by molar-refractivity contribution is -0.153. The number of hydrogen-bond acceptors (Lipinski definition) is 3. The molecule has 1 aromatic carbocycles. The monoisotopic (exact) mass is 333 g/mol. The van der Waals surface area contributed by atoms with Crippen LogP contribution in [0.4, 0.5) is 18.9 Å². The molecule has 1 amide bonds. The van der Waals surface area contributed by atoms with Gasteiger partial charge in [0.15, 0.2) is 6.61 Å². The van der Waals surface area contributed by atoms with E-state index in [0.29, 0.717) is 18.4 Å². The van der Waals surface area contributed by atoms with Crippen molar-refractivity contribution in [2.45, 2.75) is 38.8 Å². The van der Waals surface area contributed by atoms with E-state index in [1.807, 2.05) is 0 Å². The lowest BCUT2D eigenvalue weighted by Crippen LogP contribution is -2.20. The van der Waals surface area contributed by atoms with Crippen LogP contribution in [0.25, 0.3) is 0 Å². The summed E-state index contributed by atoms with van der Waals surface area (Å²) in [6, 6.07) is 4.52. The number of carboxylic acid groups (broad SMARTS) is 1. The molecule has 0 unspecified atom stereocenters. The molecule has 0 spiro atoms. The van der Waals surface area contributed by atoms with E-state index in [2.05, 4.69) is 5.32 Å². The van der Waals surface area contributed by atoms with E-state index in [-0.39, 0.29) is 24.3 Å². The average Bonchev–Trinajstić information content (AvgIpc) is 2.43. The van der Waals surface area contributed by atoms with Gasteiger partial charge < -0.3 is 15.2 Å². The molecule has 23 heavy (non-hydrogen) atoms. The minimum Gasteiger partial charge on any atom is -0.482 e. The minimum absolute atomic E-state index is 0.0300. The highest BCUT2D eigenvalue weighted by atomic mass is 19.4. The SMILES string of the molecule is Cc1ccc(NC(=O)CCCCC(=O)O)c(OCC(F)(F)F)c1. The Kier molecular flexibility index (Phi) is 6.87. The number of aryl methyl sites for hydroxylation is 1. The second-order valence-electron chi connectivity index (χ2n) is 5.05. The van der Waals surface area contributed by atoms with Crippen LogP contribution < -0.4 is 10.1 Å². The van der Waals surface area contributed by atoms with Crippen molar-refractivity contribution in [2.75, 3.05) is 11.9 Å². The topological polar surface area (TPSA) is 75.6 Å². The summed E-state index contributed by atoms with van der Waals surface area (Å²) in [6.45, 7) is 0.246. The summed E-state index contributed by atoms with van der Waals surface area (Å²) in [7, 11) is 0. The minimum atomic E-state index is -4.47. The average molecular weight is 333 g/mol. The molecule has 0 heterocycles. The van der Waals surface area contributed by atoms with Crippen LogP contribution in [-0.4, -0.2) is 29.8 Å². The molecule has 128 valence electrons. The lowest BCUT2D eigenvalue weighted by Gasteiger charge is -2.14. The van der Waals surface area contributed by atoms with Crippen molar-refractivity contribution < 1.29 is 32.6 Å². The number of alkyl halides is 3. The van der Waals surface area contributed by atoms with Gasteiger partial charge in [0.1, 0.15) is 5.75 Å². The molecule has 1 aromatic rings. The number of ether oxygens (including phenoxy) is 1. The standard InChI is InChI=1S/C15H18F3NO4/c1-10-6-7-11(12(8-10)23-9-15(16,17)18)19-13(20)4-2-3-5-14(21)22/h6-8H,2-5,9H2,1H3,(H,19,20)(H,21,22). The molecule has 0 aliphatic carbocycles. The second kappa shape index (κ2) is 8.40. The molecule has 0 fully saturated rings. The quantitative estimate of drug-likeness (QED) is 0.714. The highest BCUT2D eigenvalue weighted by molar-refractivity contribution is 5.92. The van der Waals surface area contributed by atoms with E-state index in [1.165, 1.54) is 12.1 Å². The normalized spacial score (nSPS) is 11.1. The first-order valence-corrected chi connectivity index (χ1v) is 6.99. The van der Waals surface area contributed by atoms with Gasteiger partial charge in [-0.2, -0.15) is 13.2 Å². The highest BCUT2D eigenvalue weighted by Gasteiger charge is 2.29. The number of nitrogens with one attached hydrogen (secondary N) is 1. The number of carboxylic acids is 1. The number of aliphatic carboxylic acids is 1. The number of carbonyl (C=O) groups is 2. The van der Waals surface area contributed by atoms with Gasteiger partial charge >= 0.3 is 12.1 Å². The predicted molar refractivity (Wildman–Crippen MR) is 77.5 cm³/mol. The summed E-state index contributed by atoms with van der Waals surface area (Å²) in [5, 5.41) is 11.0. The molecule has 0 aliphatic rings. The van der Waals surface area contributed by atoms with Gasteiger partial charge in [-0.3, -0.25) is 9.59 Å². The number of unbranched alkanes of at least 4 members (excludes halogenated alkanes) is 1. The van der Waals surface area contributed by atoms with E-state index in [1.54, 1.807) is 13.0 Å². The van der Waals surface area contributed by atoms with Crippen LogP contribution in [0.15, 0.2) is 18.2 Å². The van der Waals surface area contributed by atoms with Crippen molar-refractivity contribution in [3.8, 4) is 5.75 Å². The van der Waals surface area contributed by atoms with Crippen LogP contribution in [0.3, 0.4) is 0 Å². The van der Waals surface area contributed by atoms with Gasteiger partial charge in [0.05, 0.1) is 5.69 Å². The fourth-order valence-corrected chi connectivity index (χ4v) is 1.79. The van der Waals surface area contributed by atoms with Crippen LogP contribution in [0, 0.1) is 6.92 Å². The van der Waals surface area contributed by atoms with Gasteiger partial charge in [0, 0.05) is 12.8 Å². The number of hydrogen-bond donors (Lipinski definition) is 2. The number of benzene rings is 1. The van der Waals surface area contributed by atoms with Crippen LogP contribution in [0.5, 0.6) is 5.75 Å². The van der Waals surface area contributed by atoms with Crippen molar-refractivity contribution >= 4 is 17.6 Å². The Bertz CT molecular complexity index is 558. The first-order chi connectivity index (χ1) is 10.7. The maximum absolute atomic E-state index is 12.2. The summed E-state index contributed by atoms with van der Waals surface area (Å²) in [5.41, 5.74) is 0.852. The molecule has 0 bridgehead atoms. The van der Waals surface area contributed by atoms with Crippen LogP contribution >= 0.6 is 0 Å². The summed E-state index contributed by atoms with van der Waals surface area (Å²) in [5.74, 6) is -1.40. The molecule has 2 N–H and O–H groups in total. The molecular weight excluding hydrogens is 315 g/mol. The van der Waals surface area contributed by atoms with Crippen LogP contribution in [0.2, 0.25) is 0 Å². The molecule has 0 saturated heterocycles. The molecular formula is C15H18F3NO4. The maximum Gasteiger partial charge on any atom is 0.422 e. The summed E-state index contributed by atoms with van der Waals surface area (Å²) >= 11 is 0. The molecule has 0 aliphatic heterocycles. The van der Waals surface area contributed by atoms with E-state index in [9.17, 15) is 22.8 Å². The zero-order valence-corrected chi connectivity index (χ0v) is 12.6. The molecule has 0 saturated carbocycles. The fourth-order valence-electron chi connectivity index (χ4n) is 1.79. The number of rotatable bonds is 8. The Morgan fingerprint density at radius 3 is 2.48 bits per heavy atom. The predicted octanol–water partition coefficient (Wildman–Crippen LogP) is 3.52. The van der Waals surface area contributed by atoms with Gasteiger partial charge in [-0.05, 0) is 37.5 Å². The van der Waals surface area contributed by atoms with Gasteiger partial charge in [-0.1, -0.05) is 6.07 Å². The zero-order valence-electron chi connectivity index (χ0n) is 12.6. The van der Waals surface area contributed by atoms with Crippen LogP contribution in [0.1, 0.15) is 31.2 Å². The van der Waals surface area contributed by atoms with Crippen molar-refractivity contribution in [2.24, 2.45) is 0 Å². The molecule has 0 radical (unpaired) electrons. The first-order valence-electron chi connectivity index (χ1n) is 6.99. The van der Waals surface area contributed by atoms with E-state index in [0.717, 1.165) is 0 Å². The zero-order chi connectivity index (χ0) is 17.5. The Labute approximate surface area is 131 Å². The van der Waals surface area contributed by atoms with Crippen LogP contribution in [-0.2, 0) is 9.59 Å². The fraction of sp³-hybridized carbons (Fsp3) is 0.467. The largest absolute Gasteiger partial charge is 0.482 e. The van der Waals surface area contributed by atoms with Crippen molar-refractivity contribution in [3.63, 3.8) is 0 Å². The smallest absolute Gasteiger partial charge is 0.422 e. The second-order valence-corrected chi connectivity index (χ2v) is 5.05.